The Labute approximate surface area is 140 Å². The molecular formula is C18H21FN4O. The molecule has 1 atom stereocenters. The lowest BCUT2D eigenvalue weighted by molar-refractivity contribution is 0.0949. The molecule has 1 aliphatic heterocycles. The highest BCUT2D eigenvalue weighted by atomic mass is 19.1. The van der Waals surface area contributed by atoms with Crippen LogP contribution in [0.2, 0.25) is 0 Å². The zero-order valence-electron chi connectivity index (χ0n) is 13.7. The minimum atomic E-state index is -0.290. The van der Waals surface area contributed by atoms with Crippen molar-refractivity contribution in [1.29, 1.82) is 0 Å². The number of nitrogens with zero attached hydrogens (tertiary/aromatic N) is 2. The zero-order valence-corrected chi connectivity index (χ0v) is 13.7. The molecule has 1 aromatic carbocycles. The molecule has 1 amide bonds. The van der Waals surface area contributed by atoms with Crippen molar-refractivity contribution in [2.75, 3.05) is 13.1 Å². The Morgan fingerprint density at radius 3 is 2.83 bits per heavy atom. The van der Waals surface area contributed by atoms with Gasteiger partial charge in [-0.2, -0.15) is 0 Å². The van der Waals surface area contributed by atoms with E-state index in [1.807, 2.05) is 6.92 Å². The molecule has 1 aliphatic rings. The van der Waals surface area contributed by atoms with Gasteiger partial charge >= 0.3 is 0 Å². The molecular weight excluding hydrogens is 307 g/mol. The van der Waals surface area contributed by atoms with Gasteiger partial charge < -0.3 is 10.6 Å². The van der Waals surface area contributed by atoms with E-state index in [1.165, 1.54) is 12.1 Å². The van der Waals surface area contributed by atoms with Gasteiger partial charge in [-0.05, 0) is 44.0 Å². The van der Waals surface area contributed by atoms with E-state index in [-0.39, 0.29) is 11.7 Å². The first-order valence-corrected chi connectivity index (χ1v) is 8.20. The van der Waals surface area contributed by atoms with Gasteiger partial charge in [0.15, 0.2) is 0 Å². The lowest BCUT2D eigenvalue weighted by atomic mass is 9.98. The van der Waals surface area contributed by atoms with Crippen LogP contribution in [0.3, 0.4) is 0 Å². The molecule has 0 radical (unpaired) electrons. The van der Waals surface area contributed by atoms with Gasteiger partial charge in [0.1, 0.15) is 11.6 Å². The van der Waals surface area contributed by atoms with Crippen LogP contribution in [0.25, 0.3) is 0 Å². The molecule has 2 N–H and O–H groups in total. The van der Waals surface area contributed by atoms with Crippen molar-refractivity contribution in [3.63, 3.8) is 0 Å². The normalized spacial score (nSPS) is 17.5. The highest BCUT2D eigenvalue weighted by molar-refractivity contribution is 5.94. The number of rotatable bonds is 4. The van der Waals surface area contributed by atoms with Crippen molar-refractivity contribution in [2.45, 2.75) is 32.2 Å². The third-order valence-electron chi connectivity index (χ3n) is 4.27. The van der Waals surface area contributed by atoms with Crippen LogP contribution in [0, 0.1) is 12.7 Å². The number of piperidine rings is 1. The summed E-state index contributed by atoms with van der Waals surface area (Å²) >= 11 is 0. The van der Waals surface area contributed by atoms with Crippen LogP contribution in [0.4, 0.5) is 4.39 Å². The lowest BCUT2D eigenvalue weighted by Gasteiger charge is -2.21. The summed E-state index contributed by atoms with van der Waals surface area (Å²) in [5.41, 5.74) is 2.00. The van der Waals surface area contributed by atoms with Crippen LogP contribution < -0.4 is 10.6 Å². The van der Waals surface area contributed by atoms with Gasteiger partial charge in [0.25, 0.3) is 5.91 Å². The van der Waals surface area contributed by atoms with Crippen LogP contribution in [0.5, 0.6) is 0 Å². The van der Waals surface area contributed by atoms with Gasteiger partial charge in [-0.1, -0.05) is 12.1 Å². The summed E-state index contributed by atoms with van der Waals surface area (Å²) in [6, 6.07) is 6.06. The predicted octanol–water partition coefficient (Wildman–Crippen LogP) is 2.32. The van der Waals surface area contributed by atoms with Gasteiger partial charge in [0, 0.05) is 25.2 Å². The number of benzene rings is 1. The fourth-order valence-corrected chi connectivity index (χ4v) is 2.86. The molecule has 6 heteroatoms. The number of carbonyl (C=O) groups excluding carboxylic acids is 1. The minimum Gasteiger partial charge on any atom is -0.348 e. The second-order valence-corrected chi connectivity index (χ2v) is 6.08. The van der Waals surface area contributed by atoms with E-state index < -0.39 is 0 Å². The van der Waals surface area contributed by atoms with E-state index >= 15 is 0 Å². The number of hydrogen-bond donors (Lipinski definition) is 2. The molecule has 1 aromatic heterocycles. The maximum Gasteiger partial charge on any atom is 0.254 e. The van der Waals surface area contributed by atoms with E-state index in [0.717, 1.165) is 37.3 Å². The number of hydrogen-bond acceptors (Lipinski definition) is 4. The van der Waals surface area contributed by atoms with Crippen LogP contribution in [-0.4, -0.2) is 29.0 Å². The van der Waals surface area contributed by atoms with Crippen molar-refractivity contribution in [2.24, 2.45) is 0 Å². The monoisotopic (exact) mass is 328 g/mol. The Morgan fingerprint density at radius 2 is 2.17 bits per heavy atom. The standard InChI is InChI=1S/C18H21FN4O/c1-12-16(11-21-17(23-12)14-3-2-8-20-10-14)18(24)22-9-13-4-6-15(19)7-5-13/h4-7,11,14,20H,2-3,8-10H2,1H3,(H,22,24)/t14-/m1/s1. The SMILES string of the molecule is Cc1nc([C@@H]2CCCNC2)ncc1C(=O)NCc1ccc(F)cc1. The lowest BCUT2D eigenvalue weighted by Crippen LogP contribution is -2.30. The Morgan fingerprint density at radius 1 is 1.38 bits per heavy atom. The fourth-order valence-electron chi connectivity index (χ4n) is 2.86. The van der Waals surface area contributed by atoms with Gasteiger partial charge in [-0.15, -0.1) is 0 Å². The van der Waals surface area contributed by atoms with Crippen molar-refractivity contribution in [3.05, 3.63) is 58.9 Å². The van der Waals surface area contributed by atoms with Crippen molar-refractivity contribution < 1.29 is 9.18 Å². The quantitative estimate of drug-likeness (QED) is 0.904. The Balaban J connectivity index is 1.65. The van der Waals surface area contributed by atoms with Crippen LogP contribution >= 0.6 is 0 Å². The third-order valence-corrected chi connectivity index (χ3v) is 4.27. The molecule has 0 spiro atoms. The zero-order chi connectivity index (χ0) is 16.9. The fraction of sp³-hybridized carbons (Fsp3) is 0.389. The second kappa shape index (κ2) is 7.49. The average molecular weight is 328 g/mol. The maximum absolute atomic E-state index is 12.9. The molecule has 0 aliphatic carbocycles. The molecule has 24 heavy (non-hydrogen) atoms. The molecule has 2 heterocycles. The van der Waals surface area contributed by atoms with Crippen molar-refractivity contribution in [1.82, 2.24) is 20.6 Å². The van der Waals surface area contributed by atoms with E-state index in [4.69, 9.17) is 0 Å². The molecule has 3 rings (SSSR count). The summed E-state index contributed by atoms with van der Waals surface area (Å²) in [4.78, 5) is 21.2. The minimum absolute atomic E-state index is 0.217. The first-order chi connectivity index (χ1) is 11.6. The molecule has 1 fully saturated rings. The van der Waals surface area contributed by atoms with E-state index in [9.17, 15) is 9.18 Å². The Hall–Kier alpha value is -2.34. The average Bonchev–Trinajstić information content (AvgIpc) is 2.61. The van der Waals surface area contributed by atoms with Crippen molar-refractivity contribution >= 4 is 5.91 Å². The smallest absolute Gasteiger partial charge is 0.254 e. The van der Waals surface area contributed by atoms with Crippen LogP contribution in [0.15, 0.2) is 30.5 Å². The number of halogens is 1. The first-order valence-electron chi connectivity index (χ1n) is 8.20. The van der Waals surface area contributed by atoms with E-state index in [1.54, 1.807) is 18.3 Å². The van der Waals surface area contributed by atoms with Gasteiger partial charge in [-0.25, -0.2) is 14.4 Å². The Kier molecular flexibility index (Phi) is 5.15. The highest BCUT2D eigenvalue weighted by Gasteiger charge is 2.19. The molecule has 126 valence electrons. The second-order valence-electron chi connectivity index (χ2n) is 6.08. The molecule has 5 nitrogen and oxygen atoms in total. The molecule has 0 saturated carbocycles. The third kappa shape index (κ3) is 3.94. The first kappa shape index (κ1) is 16.5. The molecule has 1 saturated heterocycles. The van der Waals surface area contributed by atoms with Gasteiger partial charge in [0.2, 0.25) is 0 Å². The largest absolute Gasteiger partial charge is 0.348 e. The van der Waals surface area contributed by atoms with Crippen LogP contribution in [0.1, 0.15) is 46.2 Å². The molecule has 2 aromatic rings. The topological polar surface area (TPSA) is 66.9 Å². The number of amides is 1. The summed E-state index contributed by atoms with van der Waals surface area (Å²) in [5, 5.41) is 6.17. The predicted molar refractivity (Wildman–Crippen MR) is 89.2 cm³/mol. The maximum atomic E-state index is 12.9. The van der Waals surface area contributed by atoms with Gasteiger partial charge in [-0.3, -0.25) is 4.79 Å². The number of nitrogens with one attached hydrogen (secondary N) is 2. The van der Waals surface area contributed by atoms with E-state index in [0.29, 0.717) is 23.7 Å². The summed E-state index contributed by atoms with van der Waals surface area (Å²) < 4.78 is 12.9. The summed E-state index contributed by atoms with van der Waals surface area (Å²) in [7, 11) is 0. The number of aromatic nitrogens is 2. The molecule has 0 unspecified atom stereocenters. The number of aryl methyl sites for hydroxylation is 1. The van der Waals surface area contributed by atoms with Crippen molar-refractivity contribution in [3.8, 4) is 0 Å². The summed E-state index contributed by atoms with van der Waals surface area (Å²) in [6.45, 7) is 4.09. The summed E-state index contributed by atoms with van der Waals surface area (Å²) in [6.07, 6.45) is 3.79. The Bertz CT molecular complexity index is 711. The van der Waals surface area contributed by atoms with E-state index in [2.05, 4.69) is 20.6 Å². The highest BCUT2D eigenvalue weighted by Crippen LogP contribution is 2.20. The van der Waals surface area contributed by atoms with Crippen LogP contribution in [-0.2, 0) is 6.54 Å². The molecule has 0 bridgehead atoms. The van der Waals surface area contributed by atoms with Gasteiger partial charge in [0.05, 0.1) is 11.3 Å². The number of carbonyl (C=O) groups is 1. The summed E-state index contributed by atoms with van der Waals surface area (Å²) in [5.74, 6) is 0.607.